The van der Waals surface area contributed by atoms with E-state index in [1.54, 1.807) is 10.4 Å². The predicted octanol–water partition coefficient (Wildman–Crippen LogP) is 2.80. The molecule has 1 aromatic heterocycles. The van der Waals surface area contributed by atoms with Crippen LogP contribution in [-0.2, 0) is 6.42 Å². The molecule has 1 heteroatoms. The summed E-state index contributed by atoms with van der Waals surface area (Å²) in [4.78, 5) is 1.63. The van der Waals surface area contributed by atoms with Crippen molar-refractivity contribution >= 4 is 11.3 Å². The van der Waals surface area contributed by atoms with Crippen LogP contribution >= 0.6 is 11.3 Å². The third kappa shape index (κ3) is 0.715. The number of rotatable bonds is 0. The van der Waals surface area contributed by atoms with Gasteiger partial charge in [-0.3, -0.25) is 0 Å². The molecule has 1 aromatic rings. The van der Waals surface area contributed by atoms with E-state index in [0.29, 0.717) is 0 Å². The molecule has 0 amide bonds. The van der Waals surface area contributed by atoms with Gasteiger partial charge in [-0.2, -0.15) is 0 Å². The van der Waals surface area contributed by atoms with Gasteiger partial charge in [0, 0.05) is 4.88 Å². The Bertz CT molecular complexity index is 212. The van der Waals surface area contributed by atoms with Gasteiger partial charge in [0.05, 0.1) is 0 Å². The van der Waals surface area contributed by atoms with E-state index in [9.17, 15) is 0 Å². The van der Waals surface area contributed by atoms with Crippen molar-refractivity contribution < 1.29 is 0 Å². The van der Waals surface area contributed by atoms with E-state index in [0.717, 1.165) is 5.92 Å². The van der Waals surface area contributed by atoms with E-state index < -0.39 is 0 Å². The molecule has 9 heavy (non-hydrogen) atoms. The largest absolute Gasteiger partial charge is 0.148 e. The van der Waals surface area contributed by atoms with Crippen LogP contribution in [0, 0.1) is 0 Å². The van der Waals surface area contributed by atoms with Crippen molar-refractivity contribution in [2.45, 2.75) is 25.7 Å². The number of aryl methyl sites for hydroxylation is 1. The molecule has 0 saturated carbocycles. The molecule has 0 nitrogen and oxygen atoms in total. The Hall–Kier alpha value is -0.300. The summed E-state index contributed by atoms with van der Waals surface area (Å²) in [6.07, 6.45) is 2.70. The predicted molar refractivity (Wildman–Crippen MR) is 41.1 cm³/mol. The Morgan fingerprint density at radius 2 is 2.56 bits per heavy atom. The van der Waals surface area contributed by atoms with E-state index >= 15 is 0 Å². The second kappa shape index (κ2) is 1.84. The fraction of sp³-hybridized carbons (Fsp3) is 0.500. The molecule has 0 saturated heterocycles. The number of hydrogen-bond acceptors (Lipinski definition) is 1. The Kier molecular flexibility index (Phi) is 1.12. The van der Waals surface area contributed by atoms with Crippen LogP contribution in [0.4, 0.5) is 0 Å². The fourth-order valence-corrected chi connectivity index (χ4v) is 2.54. The molecule has 1 aliphatic rings. The average molecular weight is 138 g/mol. The summed E-state index contributed by atoms with van der Waals surface area (Å²) in [7, 11) is 0. The molecule has 0 N–H and O–H groups in total. The van der Waals surface area contributed by atoms with Crippen molar-refractivity contribution in [1.29, 1.82) is 0 Å². The summed E-state index contributed by atoms with van der Waals surface area (Å²) in [5.41, 5.74) is 1.60. The Balaban J connectivity index is 2.49. The van der Waals surface area contributed by atoms with Crippen LogP contribution in [0.25, 0.3) is 0 Å². The Labute approximate surface area is 59.5 Å². The lowest BCUT2D eigenvalue weighted by Crippen LogP contribution is -1.78. The second-order valence-corrected chi connectivity index (χ2v) is 3.70. The lowest BCUT2D eigenvalue weighted by atomic mass is 10.2. The van der Waals surface area contributed by atoms with Gasteiger partial charge in [0.2, 0.25) is 0 Å². The van der Waals surface area contributed by atoms with Crippen LogP contribution < -0.4 is 0 Å². The molecule has 1 aliphatic carbocycles. The van der Waals surface area contributed by atoms with Crippen LogP contribution in [0.2, 0.25) is 0 Å². The fourth-order valence-electron chi connectivity index (χ4n) is 1.49. The maximum Gasteiger partial charge on any atom is 0.0105 e. The highest BCUT2D eigenvalue weighted by Gasteiger charge is 2.18. The van der Waals surface area contributed by atoms with Gasteiger partial charge in [-0.15, -0.1) is 11.3 Å². The van der Waals surface area contributed by atoms with E-state index in [4.69, 9.17) is 0 Å². The zero-order valence-corrected chi connectivity index (χ0v) is 6.37. The summed E-state index contributed by atoms with van der Waals surface area (Å²) in [5, 5.41) is 2.21. The summed E-state index contributed by atoms with van der Waals surface area (Å²) >= 11 is 1.92. The van der Waals surface area contributed by atoms with Gasteiger partial charge in [0.25, 0.3) is 0 Å². The van der Waals surface area contributed by atoms with Crippen LogP contribution in [0.15, 0.2) is 11.4 Å². The SMILES string of the molecule is CC1CCc2ccsc21. The zero-order valence-electron chi connectivity index (χ0n) is 5.55. The molecule has 48 valence electrons. The van der Waals surface area contributed by atoms with Crippen LogP contribution in [0.3, 0.4) is 0 Å². The van der Waals surface area contributed by atoms with Crippen molar-refractivity contribution in [3.05, 3.63) is 21.9 Å². The molecule has 2 rings (SSSR count). The standard InChI is InChI=1S/C8H10S/c1-6-2-3-7-4-5-9-8(6)7/h4-6H,2-3H2,1H3. The quantitative estimate of drug-likeness (QED) is 0.517. The van der Waals surface area contributed by atoms with Gasteiger partial charge < -0.3 is 0 Å². The van der Waals surface area contributed by atoms with E-state index in [1.807, 2.05) is 11.3 Å². The molecule has 0 radical (unpaired) electrons. The minimum Gasteiger partial charge on any atom is -0.148 e. The van der Waals surface area contributed by atoms with Crippen molar-refractivity contribution in [2.75, 3.05) is 0 Å². The number of thiophene rings is 1. The van der Waals surface area contributed by atoms with Crippen molar-refractivity contribution in [3.63, 3.8) is 0 Å². The molecular weight excluding hydrogens is 128 g/mol. The Morgan fingerprint density at radius 1 is 1.67 bits per heavy atom. The van der Waals surface area contributed by atoms with E-state index in [-0.39, 0.29) is 0 Å². The van der Waals surface area contributed by atoms with Crippen molar-refractivity contribution in [2.24, 2.45) is 0 Å². The molecule has 0 aromatic carbocycles. The van der Waals surface area contributed by atoms with Gasteiger partial charge in [0.15, 0.2) is 0 Å². The summed E-state index contributed by atoms with van der Waals surface area (Å²) in [6, 6.07) is 2.27. The van der Waals surface area contributed by atoms with E-state index in [2.05, 4.69) is 18.4 Å². The van der Waals surface area contributed by atoms with Crippen LogP contribution in [0.5, 0.6) is 0 Å². The molecule has 0 spiro atoms. The lowest BCUT2D eigenvalue weighted by molar-refractivity contribution is 0.754. The van der Waals surface area contributed by atoms with Gasteiger partial charge in [-0.05, 0) is 35.8 Å². The molecule has 1 heterocycles. The summed E-state index contributed by atoms with van der Waals surface area (Å²) < 4.78 is 0. The average Bonchev–Trinajstić information content (AvgIpc) is 2.35. The zero-order chi connectivity index (χ0) is 6.27. The number of hydrogen-bond donors (Lipinski definition) is 0. The van der Waals surface area contributed by atoms with Crippen molar-refractivity contribution in [1.82, 2.24) is 0 Å². The molecule has 1 atom stereocenters. The van der Waals surface area contributed by atoms with Gasteiger partial charge in [0.1, 0.15) is 0 Å². The first-order chi connectivity index (χ1) is 4.38. The molecule has 0 bridgehead atoms. The van der Waals surface area contributed by atoms with Gasteiger partial charge in [-0.25, -0.2) is 0 Å². The monoisotopic (exact) mass is 138 g/mol. The van der Waals surface area contributed by atoms with Gasteiger partial charge in [-0.1, -0.05) is 6.92 Å². The second-order valence-electron chi connectivity index (χ2n) is 2.75. The normalized spacial score (nSPS) is 24.3. The van der Waals surface area contributed by atoms with Crippen molar-refractivity contribution in [3.8, 4) is 0 Å². The highest BCUT2D eigenvalue weighted by molar-refractivity contribution is 7.10. The molecule has 1 unspecified atom stereocenters. The molecular formula is C8H10S. The maximum absolute atomic E-state index is 2.32. The summed E-state index contributed by atoms with van der Waals surface area (Å²) in [6.45, 7) is 2.32. The minimum atomic E-state index is 0.847. The molecule has 0 aliphatic heterocycles. The topological polar surface area (TPSA) is 0 Å². The first kappa shape index (κ1) is 5.48. The van der Waals surface area contributed by atoms with Crippen LogP contribution in [0.1, 0.15) is 29.7 Å². The molecule has 0 fully saturated rings. The van der Waals surface area contributed by atoms with Crippen LogP contribution in [-0.4, -0.2) is 0 Å². The lowest BCUT2D eigenvalue weighted by Gasteiger charge is -1.95. The highest BCUT2D eigenvalue weighted by atomic mass is 32.1. The Morgan fingerprint density at radius 3 is 3.33 bits per heavy atom. The first-order valence-corrected chi connectivity index (χ1v) is 4.32. The van der Waals surface area contributed by atoms with Gasteiger partial charge >= 0.3 is 0 Å². The third-order valence-corrected chi connectivity index (χ3v) is 3.27. The highest BCUT2D eigenvalue weighted by Crippen LogP contribution is 2.36. The minimum absolute atomic E-state index is 0.847. The summed E-state index contributed by atoms with van der Waals surface area (Å²) in [5.74, 6) is 0.847. The maximum atomic E-state index is 2.32. The smallest absolute Gasteiger partial charge is 0.0105 e. The van der Waals surface area contributed by atoms with E-state index in [1.165, 1.54) is 12.8 Å². The third-order valence-electron chi connectivity index (χ3n) is 2.07. The first-order valence-electron chi connectivity index (χ1n) is 3.44. The number of fused-ring (bicyclic) bond motifs is 1.